The number of carbonyl (C=O) groups excluding carboxylic acids is 1. The van der Waals surface area contributed by atoms with Gasteiger partial charge in [0.1, 0.15) is 0 Å². The van der Waals surface area contributed by atoms with Gasteiger partial charge in [0.05, 0.1) is 0 Å². The van der Waals surface area contributed by atoms with Crippen LogP contribution in [0, 0.1) is 5.92 Å². The molecule has 0 radical (unpaired) electrons. The van der Waals surface area contributed by atoms with Crippen LogP contribution in [0.1, 0.15) is 42.6 Å². The number of carbonyl (C=O) groups is 1. The quantitative estimate of drug-likeness (QED) is 0.545. The largest absolute Gasteiger partial charge is 0.378 e. The highest BCUT2D eigenvalue weighted by atomic mass is 16.2. The molecule has 1 saturated heterocycles. The highest BCUT2D eigenvalue weighted by Crippen LogP contribution is 2.26. The van der Waals surface area contributed by atoms with E-state index in [-0.39, 0.29) is 5.91 Å². The molecule has 1 aliphatic heterocycles. The van der Waals surface area contributed by atoms with Crippen LogP contribution in [0.25, 0.3) is 0 Å². The van der Waals surface area contributed by atoms with Gasteiger partial charge in [-0.2, -0.15) is 0 Å². The van der Waals surface area contributed by atoms with Crippen LogP contribution < -0.4 is 0 Å². The Hall–Kier alpha value is -2.36. The van der Waals surface area contributed by atoms with Crippen molar-refractivity contribution in [3.63, 3.8) is 0 Å². The van der Waals surface area contributed by atoms with Gasteiger partial charge in [0.25, 0.3) is 5.91 Å². The first kappa shape index (κ1) is 20.0. The number of allylic oxidation sites excluding steroid dienone is 2. The molecule has 4 heteroatoms. The summed E-state index contributed by atoms with van der Waals surface area (Å²) in [6.07, 6.45) is 6.74. The number of likely N-dealkylation sites (tertiary alicyclic amines) is 1. The van der Waals surface area contributed by atoms with E-state index in [1.165, 1.54) is 5.56 Å². The van der Waals surface area contributed by atoms with Gasteiger partial charge in [-0.3, -0.25) is 9.79 Å². The average Bonchev–Trinajstić information content (AvgIpc) is 3.09. The number of nitrogens with zero attached hydrogens (tertiary/aromatic N) is 3. The van der Waals surface area contributed by atoms with Gasteiger partial charge < -0.3 is 9.80 Å². The van der Waals surface area contributed by atoms with Gasteiger partial charge in [0.2, 0.25) is 0 Å². The van der Waals surface area contributed by atoms with Gasteiger partial charge in [-0.1, -0.05) is 25.6 Å². The predicted octanol–water partition coefficient (Wildman–Crippen LogP) is 4.15. The number of hydrogen-bond donors (Lipinski definition) is 0. The lowest BCUT2D eigenvalue weighted by Crippen LogP contribution is -2.28. The first-order chi connectivity index (χ1) is 12.4. The van der Waals surface area contributed by atoms with E-state index in [2.05, 4.69) is 18.5 Å². The Kier molecular flexibility index (Phi) is 7.19. The van der Waals surface area contributed by atoms with Crippen molar-refractivity contribution in [2.45, 2.75) is 33.1 Å². The minimum atomic E-state index is 0.136. The average molecular weight is 354 g/mol. The van der Waals surface area contributed by atoms with E-state index in [9.17, 15) is 4.79 Å². The van der Waals surface area contributed by atoms with Gasteiger partial charge in [-0.25, -0.2) is 0 Å². The molecule has 1 aromatic carbocycles. The van der Waals surface area contributed by atoms with E-state index in [1.807, 2.05) is 67.4 Å². The summed E-state index contributed by atoms with van der Waals surface area (Å²) in [7, 11) is 3.96. The second-order valence-corrected chi connectivity index (χ2v) is 7.07. The Bertz CT molecular complexity index is 686. The fourth-order valence-corrected chi connectivity index (χ4v) is 3.18. The highest BCUT2D eigenvalue weighted by molar-refractivity contribution is 5.94. The molecule has 1 aromatic rings. The van der Waals surface area contributed by atoms with E-state index >= 15 is 0 Å². The molecule has 140 valence electrons. The van der Waals surface area contributed by atoms with Crippen molar-refractivity contribution in [3.05, 3.63) is 59.4 Å². The molecular weight excluding hydrogens is 322 g/mol. The first-order valence-corrected chi connectivity index (χ1v) is 9.38. The first-order valence-electron chi connectivity index (χ1n) is 9.38. The standard InChI is InChI=1S/C22H31N3O/c1-6-18-8-10-20(11-9-18)22(26)25-13-12-19(16-25)15-21(23-7-2)14-17(3)24(4)5/h7-11,14,19H,3,6,12-13,15-16H2,1-2,4-5H3/b21-14-,23-7?. The Morgan fingerprint density at radius 3 is 2.62 bits per heavy atom. The number of rotatable bonds is 7. The summed E-state index contributed by atoms with van der Waals surface area (Å²) in [5.74, 6) is 0.580. The van der Waals surface area contributed by atoms with Gasteiger partial charge >= 0.3 is 0 Å². The minimum Gasteiger partial charge on any atom is -0.378 e. The van der Waals surface area contributed by atoms with Crippen LogP contribution in [0.3, 0.4) is 0 Å². The lowest BCUT2D eigenvalue weighted by Gasteiger charge is -2.17. The minimum absolute atomic E-state index is 0.136. The van der Waals surface area contributed by atoms with E-state index in [1.54, 1.807) is 0 Å². The van der Waals surface area contributed by atoms with E-state index in [0.29, 0.717) is 5.92 Å². The molecule has 0 N–H and O–H groups in total. The maximum absolute atomic E-state index is 12.7. The molecule has 1 amide bonds. The zero-order valence-electron chi connectivity index (χ0n) is 16.5. The van der Waals surface area contributed by atoms with E-state index in [4.69, 9.17) is 0 Å². The summed E-state index contributed by atoms with van der Waals surface area (Å²) in [6, 6.07) is 7.99. The van der Waals surface area contributed by atoms with Crippen LogP contribution in [0.4, 0.5) is 0 Å². The Morgan fingerprint density at radius 1 is 1.35 bits per heavy atom. The van der Waals surface area contributed by atoms with Gasteiger partial charge in [0, 0.05) is 50.4 Å². The Labute approximate surface area is 157 Å². The second-order valence-electron chi connectivity index (χ2n) is 7.07. The van der Waals surface area contributed by atoms with E-state index in [0.717, 1.165) is 49.3 Å². The third-order valence-corrected chi connectivity index (χ3v) is 4.88. The number of aryl methyl sites for hydroxylation is 1. The van der Waals surface area contributed by atoms with Crippen molar-refractivity contribution in [3.8, 4) is 0 Å². The number of benzene rings is 1. The maximum Gasteiger partial charge on any atom is 0.253 e. The summed E-state index contributed by atoms with van der Waals surface area (Å²) >= 11 is 0. The van der Waals surface area contributed by atoms with Gasteiger partial charge in [-0.05, 0) is 55.9 Å². The summed E-state index contributed by atoms with van der Waals surface area (Å²) in [5.41, 5.74) is 4.01. The maximum atomic E-state index is 12.7. The van der Waals surface area contributed by atoms with Gasteiger partial charge in [0.15, 0.2) is 0 Å². The van der Waals surface area contributed by atoms with Crippen molar-refractivity contribution in [2.75, 3.05) is 27.2 Å². The van der Waals surface area contributed by atoms with Crippen LogP contribution >= 0.6 is 0 Å². The van der Waals surface area contributed by atoms with Gasteiger partial charge in [-0.15, -0.1) is 0 Å². The summed E-state index contributed by atoms with van der Waals surface area (Å²) < 4.78 is 0. The lowest BCUT2D eigenvalue weighted by molar-refractivity contribution is 0.0787. The van der Waals surface area contributed by atoms with Crippen LogP contribution in [0.2, 0.25) is 0 Å². The number of aliphatic imine (C=N–C) groups is 1. The lowest BCUT2D eigenvalue weighted by atomic mass is 10.0. The molecule has 0 aliphatic carbocycles. The SMILES string of the molecule is C=C(/C=C(/CC1CCN(C(=O)c2ccc(CC)cc2)C1)N=CC)N(C)C. The summed E-state index contributed by atoms with van der Waals surface area (Å²) in [6.45, 7) is 9.72. The number of likely N-dealkylation sites (N-methyl/N-ethyl adjacent to an activating group) is 1. The fraction of sp³-hybridized carbons (Fsp3) is 0.455. The number of amides is 1. The smallest absolute Gasteiger partial charge is 0.253 e. The summed E-state index contributed by atoms with van der Waals surface area (Å²) in [4.78, 5) is 21.2. The molecular formula is C22H31N3O. The normalized spacial score (nSPS) is 17.8. The van der Waals surface area contributed by atoms with Crippen LogP contribution in [-0.4, -0.2) is 49.1 Å². The molecule has 26 heavy (non-hydrogen) atoms. The third-order valence-electron chi connectivity index (χ3n) is 4.88. The second kappa shape index (κ2) is 9.37. The highest BCUT2D eigenvalue weighted by Gasteiger charge is 2.27. The van der Waals surface area contributed by atoms with Crippen LogP contribution in [0.15, 0.2) is 53.3 Å². The predicted molar refractivity (Wildman–Crippen MR) is 110 cm³/mol. The molecule has 1 fully saturated rings. The van der Waals surface area contributed by atoms with Crippen LogP contribution in [0.5, 0.6) is 0 Å². The molecule has 4 nitrogen and oxygen atoms in total. The molecule has 2 rings (SSSR count). The molecule has 0 bridgehead atoms. The van der Waals surface area contributed by atoms with Crippen molar-refractivity contribution in [1.82, 2.24) is 9.80 Å². The molecule has 1 heterocycles. The fourth-order valence-electron chi connectivity index (χ4n) is 3.18. The van der Waals surface area contributed by atoms with Crippen molar-refractivity contribution < 1.29 is 4.79 Å². The molecule has 0 saturated carbocycles. The molecule has 0 aromatic heterocycles. The van der Waals surface area contributed by atoms with Crippen molar-refractivity contribution in [1.29, 1.82) is 0 Å². The zero-order valence-corrected chi connectivity index (χ0v) is 16.5. The molecule has 0 spiro atoms. The van der Waals surface area contributed by atoms with E-state index < -0.39 is 0 Å². The molecule has 1 atom stereocenters. The summed E-state index contributed by atoms with van der Waals surface area (Å²) in [5, 5.41) is 0. The zero-order chi connectivity index (χ0) is 19.1. The number of hydrogen-bond acceptors (Lipinski definition) is 3. The Balaban J connectivity index is 1.99. The third kappa shape index (κ3) is 5.32. The monoisotopic (exact) mass is 353 g/mol. The van der Waals surface area contributed by atoms with Crippen molar-refractivity contribution in [2.24, 2.45) is 10.9 Å². The topological polar surface area (TPSA) is 35.9 Å². The molecule has 1 unspecified atom stereocenters. The molecule has 1 aliphatic rings. The Morgan fingerprint density at radius 2 is 2.04 bits per heavy atom. The van der Waals surface area contributed by atoms with Crippen LogP contribution in [-0.2, 0) is 6.42 Å². The van der Waals surface area contributed by atoms with Crippen molar-refractivity contribution >= 4 is 12.1 Å².